The second-order valence-electron chi connectivity index (χ2n) is 5.18. The van der Waals surface area contributed by atoms with Gasteiger partial charge in [-0.1, -0.05) is 23.8 Å². The van der Waals surface area contributed by atoms with Crippen LogP contribution in [0.5, 0.6) is 0 Å². The molecule has 0 unspecified atom stereocenters. The average molecular weight is 241 g/mol. The highest BCUT2D eigenvalue weighted by atomic mass is 15.0. The van der Waals surface area contributed by atoms with E-state index in [4.69, 9.17) is 4.98 Å². The first-order valence-electron chi connectivity index (χ1n) is 6.58. The number of hydrogen-bond donors (Lipinski definition) is 2. The van der Waals surface area contributed by atoms with Crippen molar-refractivity contribution in [1.29, 1.82) is 0 Å². The largest absolute Gasteiger partial charge is 0.344 e. The zero-order valence-corrected chi connectivity index (χ0v) is 11.0. The summed E-state index contributed by atoms with van der Waals surface area (Å²) in [7, 11) is 0. The van der Waals surface area contributed by atoms with Crippen LogP contribution in [0.15, 0.2) is 24.3 Å². The lowest BCUT2D eigenvalue weighted by atomic mass is 10.1. The van der Waals surface area contributed by atoms with E-state index in [1.54, 1.807) is 0 Å². The molecule has 1 saturated carbocycles. The first-order valence-corrected chi connectivity index (χ1v) is 6.58. The maximum Gasteiger partial charge on any atom is 0.121 e. The molecule has 0 saturated heterocycles. The second-order valence-corrected chi connectivity index (χ2v) is 5.18. The first-order chi connectivity index (χ1) is 8.72. The van der Waals surface area contributed by atoms with Crippen LogP contribution in [0, 0.1) is 13.8 Å². The zero-order chi connectivity index (χ0) is 12.5. The fraction of sp³-hybridized carbons (Fsp3) is 0.400. The van der Waals surface area contributed by atoms with E-state index in [-0.39, 0.29) is 0 Å². The van der Waals surface area contributed by atoms with Crippen LogP contribution in [0.25, 0.3) is 11.3 Å². The Morgan fingerprint density at radius 1 is 1.33 bits per heavy atom. The molecule has 1 aromatic heterocycles. The Morgan fingerprint density at radius 2 is 2.17 bits per heavy atom. The molecule has 1 aliphatic carbocycles. The van der Waals surface area contributed by atoms with Gasteiger partial charge in [-0.15, -0.1) is 0 Å². The SMILES string of the molecule is Cc1cccc(-c2nc(CNC3CC3)[nH]c2C)c1. The van der Waals surface area contributed by atoms with Crippen molar-refractivity contribution in [2.45, 2.75) is 39.3 Å². The Labute approximate surface area is 108 Å². The highest BCUT2D eigenvalue weighted by Gasteiger charge is 2.20. The van der Waals surface area contributed by atoms with Gasteiger partial charge < -0.3 is 10.3 Å². The fourth-order valence-corrected chi connectivity index (χ4v) is 2.21. The van der Waals surface area contributed by atoms with Crippen molar-refractivity contribution < 1.29 is 0 Å². The molecule has 0 radical (unpaired) electrons. The number of nitrogens with one attached hydrogen (secondary N) is 2. The van der Waals surface area contributed by atoms with Crippen LogP contribution in [-0.2, 0) is 6.54 Å². The Balaban J connectivity index is 1.82. The van der Waals surface area contributed by atoms with Crippen molar-refractivity contribution in [3.8, 4) is 11.3 Å². The topological polar surface area (TPSA) is 40.7 Å². The van der Waals surface area contributed by atoms with Gasteiger partial charge in [-0.2, -0.15) is 0 Å². The number of benzene rings is 1. The van der Waals surface area contributed by atoms with Gasteiger partial charge in [0.1, 0.15) is 5.82 Å². The lowest BCUT2D eigenvalue weighted by Crippen LogP contribution is -2.16. The molecule has 3 rings (SSSR count). The van der Waals surface area contributed by atoms with Crippen molar-refractivity contribution in [2.75, 3.05) is 0 Å². The van der Waals surface area contributed by atoms with E-state index < -0.39 is 0 Å². The number of nitrogens with zero attached hydrogens (tertiary/aromatic N) is 1. The quantitative estimate of drug-likeness (QED) is 0.864. The third kappa shape index (κ3) is 2.46. The lowest BCUT2D eigenvalue weighted by molar-refractivity contribution is 0.663. The molecule has 2 N–H and O–H groups in total. The van der Waals surface area contributed by atoms with Crippen LogP contribution in [0.2, 0.25) is 0 Å². The lowest BCUT2D eigenvalue weighted by Gasteiger charge is -2.00. The summed E-state index contributed by atoms with van der Waals surface area (Å²) in [5.74, 6) is 1.04. The van der Waals surface area contributed by atoms with E-state index >= 15 is 0 Å². The van der Waals surface area contributed by atoms with Gasteiger partial charge >= 0.3 is 0 Å². The zero-order valence-electron chi connectivity index (χ0n) is 11.0. The number of imidazole rings is 1. The molecule has 0 amide bonds. The van der Waals surface area contributed by atoms with Crippen LogP contribution in [0.1, 0.15) is 29.9 Å². The monoisotopic (exact) mass is 241 g/mol. The maximum absolute atomic E-state index is 4.70. The molecule has 1 heterocycles. The standard InChI is InChI=1S/C15H19N3/c1-10-4-3-5-12(8-10)15-11(2)17-14(18-15)9-16-13-6-7-13/h3-5,8,13,16H,6-7,9H2,1-2H3,(H,17,18). The van der Waals surface area contributed by atoms with Crippen LogP contribution in [-0.4, -0.2) is 16.0 Å². The number of H-pyrrole nitrogens is 1. The molecule has 1 fully saturated rings. The van der Waals surface area contributed by atoms with Crippen molar-refractivity contribution >= 4 is 0 Å². The van der Waals surface area contributed by atoms with Gasteiger partial charge in [-0.25, -0.2) is 4.98 Å². The van der Waals surface area contributed by atoms with E-state index in [0.29, 0.717) is 0 Å². The summed E-state index contributed by atoms with van der Waals surface area (Å²) in [6, 6.07) is 9.22. The molecule has 0 aliphatic heterocycles. The second kappa shape index (κ2) is 4.58. The van der Waals surface area contributed by atoms with E-state index in [1.807, 2.05) is 0 Å². The molecular formula is C15H19N3. The van der Waals surface area contributed by atoms with Crippen molar-refractivity contribution in [2.24, 2.45) is 0 Å². The summed E-state index contributed by atoms with van der Waals surface area (Å²) >= 11 is 0. The summed E-state index contributed by atoms with van der Waals surface area (Å²) < 4.78 is 0. The van der Waals surface area contributed by atoms with Crippen LogP contribution < -0.4 is 5.32 Å². The van der Waals surface area contributed by atoms with E-state index in [0.717, 1.165) is 29.8 Å². The van der Waals surface area contributed by atoms with Gasteiger partial charge in [0, 0.05) is 17.3 Å². The maximum atomic E-state index is 4.70. The summed E-state index contributed by atoms with van der Waals surface area (Å²) in [6.07, 6.45) is 2.62. The minimum Gasteiger partial charge on any atom is -0.344 e. The number of aryl methyl sites for hydroxylation is 2. The highest BCUT2D eigenvalue weighted by Crippen LogP contribution is 2.23. The molecule has 1 aromatic carbocycles. The van der Waals surface area contributed by atoms with Gasteiger partial charge in [0.05, 0.1) is 12.2 Å². The predicted octanol–water partition coefficient (Wildman–Crippen LogP) is 2.95. The molecule has 94 valence electrons. The minimum atomic E-state index is 0.720. The third-order valence-corrected chi connectivity index (χ3v) is 3.36. The minimum absolute atomic E-state index is 0.720. The summed E-state index contributed by atoms with van der Waals surface area (Å²) in [5, 5.41) is 3.48. The molecule has 1 aliphatic rings. The number of aromatic amines is 1. The van der Waals surface area contributed by atoms with Gasteiger partial charge in [0.2, 0.25) is 0 Å². The van der Waals surface area contributed by atoms with Gasteiger partial charge in [-0.05, 0) is 32.8 Å². The number of hydrogen-bond acceptors (Lipinski definition) is 2. The normalized spacial score (nSPS) is 15.0. The van der Waals surface area contributed by atoms with Crippen LogP contribution in [0.3, 0.4) is 0 Å². The Kier molecular flexibility index (Phi) is 2.92. The summed E-state index contributed by atoms with van der Waals surface area (Å²) in [4.78, 5) is 8.07. The summed E-state index contributed by atoms with van der Waals surface area (Å²) in [5.41, 5.74) is 4.69. The van der Waals surface area contributed by atoms with E-state index in [1.165, 1.54) is 24.0 Å². The first kappa shape index (κ1) is 11.5. The van der Waals surface area contributed by atoms with Gasteiger partial charge in [0.15, 0.2) is 0 Å². The molecule has 0 spiro atoms. The summed E-state index contributed by atoms with van der Waals surface area (Å²) in [6.45, 7) is 5.05. The third-order valence-electron chi connectivity index (χ3n) is 3.36. The van der Waals surface area contributed by atoms with Crippen LogP contribution in [0.4, 0.5) is 0 Å². The van der Waals surface area contributed by atoms with Crippen molar-refractivity contribution in [3.05, 3.63) is 41.3 Å². The van der Waals surface area contributed by atoms with Gasteiger partial charge in [-0.3, -0.25) is 0 Å². The van der Waals surface area contributed by atoms with Crippen LogP contribution >= 0.6 is 0 Å². The Bertz CT molecular complexity index is 553. The molecule has 2 aromatic rings. The van der Waals surface area contributed by atoms with E-state index in [2.05, 4.69) is 48.4 Å². The molecular weight excluding hydrogens is 222 g/mol. The van der Waals surface area contributed by atoms with E-state index in [9.17, 15) is 0 Å². The van der Waals surface area contributed by atoms with Crippen molar-refractivity contribution in [3.63, 3.8) is 0 Å². The van der Waals surface area contributed by atoms with Gasteiger partial charge in [0.25, 0.3) is 0 Å². The predicted molar refractivity (Wildman–Crippen MR) is 73.4 cm³/mol. The smallest absolute Gasteiger partial charge is 0.121 e. The molecule has 3 nitrogen and oxygen atoms in total. The fourth-order valence-electron chi connectivity index (χ4n) is 2.21. The number of rotatable bonds is 4. The molecule has 0 atom stereocenters. The number of aromatic nitrogens is 2. The molecule has 18 heavy (non-hydrogen) atoms. The molecule has 0 bridgehead atoms. The Hall–Kier alpha value is -1.61. The average Bonchev–Trinajstić information content (AvgIpc) is 3.10. The van der Waals surface area contributed by atoms with Crippen molar-refractivity contribution in [1.82, 2.24) is 15.3 Å². The Morgan fingerprint density at radius 3 is 2.89 bits per heavy atom. The highest BCUT2D eigenvalue weighted by molar-refractivity contribution is 5.62. The molecule has 3 heteroatoms.